The fourth-order valence-corrected chi connectivity index (χ4v) is 2.84. The lowest BCUT2D eigenvalue weighted by atomic mass is 9.95. The first kappa shape index (κ1) is 17.3. The van der Waals surface area contributed by atoms with Gasteiger partial charge in [0.2, 0.25) is 0 Å². The van der Waals surface area contributed by atoms with Crippen LogP contribution < -0.4 is 10.6 Å². The number of hydrogen-bond acceptors (Lipinski definition) is 3. The summed E-state index contributed by atoms with van der Waals surface area (Å²) < 4.78 is 26.1. The highest BCUT2D eigenvalue weighted by atomic mass is 19.1. The molecule has 23 heavy (non-hydrogen) atoms. The van der Waals surface area contributed by atoms with Gasteiger partial charge in [-0.1, -0.05) is 19.3 Å². The zero-order valence-corrected chi connectivity index (χ0v) is 12.6. The third kappa shape index (κ3) is 4.99. The molecule has 0 spiro atoms. The van der Waals surface area contributed by atoms with Gasteiger partial charge in [-0.3, -0.25) is 9.59 Å². The first-order valence-electron chi connectivity index (χ1n) is 7.68. The fourth-order valence-electron chi connectivity index (χ4n) is 2.84. The maximum atomic E-state index is 13.1. The topological polar surface area (TPSA) is 78.4 Å². The van der Waals surface area contributed by atoms with E-state index in [0.717, 1.165) is 37.8 Å². The van der Waals surface area contributed by atoms with Gasteiger partial charge in [0.05, 0.1) is 0 Å². The molecule has 2 amide bonds. The number of aliphatic hydroxyl groups is 1. The number of nitrogens with one attached hydrogen (secondary N) is 2. The first-order chi connectivity index (χ1) is 11.0. The van der Waals surface area contributed by atoms with E-state index in [-0.39, 0.29) is 24.3 Å². The van der Waals surface area contributed by atoms with Crippen molar-refractivity contribution in [1.29, 1.82) is 0 Å². The van der Waals surface area contributed by atoms with Crippen molar-refractivity contribution < 1.29 is 23.5 Å². The van der Waals surface area contributed by atoms with Crippen LogP contribution in [0.1, 0.15) is 32.1 Å². The van der Waals surface area contributed by atoms with Crippen molar-refractivity contribution in [2.45, 2.75) is 38.1 Å². The number of carbonyl (C=O) groups is 2. The highest BCUT2D eigenvalue weighted by molar-refractivity contribution is 6.39. The van der Waals surface area contributed by atoms with E-state index in [1.54, 1.807) is 0 Å². The second kappa shape index (κ2) is 8.01. The molecule has 5 nitrogen and oxygen atoms in total. The molecular weight excluding hydrogens is 306 g/mol. The van der Waals surface area contributed by atoms with Crippen molar-refractivity contribution in [3.05, 3.63) is 29.8 Å². The van der Waals surface area contributed by atoms with E-state index in [0.29, 0.717) is 12.5 Å². The van der Waals surface area contributed by atoms with E-state index in [9.17, 15) is 23.5 Å². The summed E-state index contributed by atoms with van der Waals surface area (Å²) in [4.78, 5) is 23.8. The minimum atomic E-state index is -0.990. The van der Waals surface area contributed by atoms with E-state index >= 15 is 0 Å². The van der Waals surface area contributed by atoms with Crippen molar-refractivity contribution >= 4 is 17.5 Å². The Hall–Kier alpha value is -2.02. The quantitative estimate of drug-likeness (QED) is 0.587. The molecule has 1 aromatic rings. The van der Waals surface area contributed by atoms with Crippen LogP contribution in [-0.4, -0.2) is 29.6 Å². The summed E-state index contributed by atoms with van der Waals surface area (Å²) in [5, 5.41) is 14.2. The van der Waals surface area contributed by atoms with Gasteiger partial charge in [-0.25, -0.2) is 8.78 Å². The van der Waals surface area contributed by atoms with Gasteiger partial charge in [0, 0.05) is 30.3 Å². The van der Waals surface area contributed by atoms with Crippen molar-refractivity contribution in [2.24, 2.45) is 5.92 Å². The van der Waals surface area contributed by atoms with Crippen LogP contribution in [0.5, 0.6) is 0 Å². The van der Waals surface area contributed by atoms with Gasteiger partial charge in [0.1, 0.15) is 11.6 Å². The third-order valence-corrected chi connectivity index (χ3v) is 4.04. The molecule has 7 heteroatoms. The van der Waals surface area contributed by atoms with Crippen LogP contribution in [0.3, 0.4) is 0 Å². The zero-order chi connectivity index (χ0) is 16.8. The fraction of sp³-hybridized carbons (Fsp3) is 0.500. The van der Waals surface area contributed by atoms with Crippen LogP contribution >= 0.6 is 0 Å². The lowest BCUT2D eigenvalue weighted by Gasteiger charge is -2.24. The molecular formula is C16H20F2N2O3. The van der Waals surface area contributed by atoms with Crippen LogP contribution in [0.2, 0.25) is 0 Å². The molecule has 0 saturated heterocycles. The number of anilines is 1. The van der Waals surface area contributed by atoms with Gasteiger partial charge in [0.25, 0.3) is 0 Å². The zero-order valence-electron chi connectivity index (χ0n) is 12.6. The molecule has 1 saturated carbocycles. The maximum Gasteiger partial charge on any atom is 0.313 e. The largest absolute Gasteiger partial charge is 0.396 e. The highest BCUT2D eigenvalue weighted by Crippen LogP contribution is 2.23. The number of carbonyl (C=O) groups excluding carboxylic acids is 2. The molecule has 1 fully saturated rings. The third-order valence-electron chi connectivity index (χ3n) is 4.04. The predicted octanol–water partition coefficient (Wildman–Crippen LogP) is 1.96. The molecule has 0 bridgehead atoms. The molecule has 0 heterocycles. The van der Waals surface area contributed by atoms with E-state index < -0.39 is 23.4 Å². The van der Waals surface area contributed by atoms with Crippen molar-refractivity contribution in [1.82, 2.24) is 5.32 Å². The number of aliphatic hydroxyl groups excluding tert-OH is 1. The van der Waals surface area contributed by atoms with Crippen LogP contribution in [0, 0.1) is 17.6 Å². The SMILES string of the molecule is O=C(Nc1cc(F)cc(F)c1)C(=O)NC1CCCCCC1CO. The van der Waals surface area contributed by atoms with Gasteiger partial charge in [-0.2, -0.15) is 0 Å². The Balaban J connectivity index is 1.97. The molecule has 1 aliphatic rings. The Labute approximate surface area is 133 Å². The normalized spacial score (nSPS) is 21.3. The minimum absolute atomic E-state index is 0.0539. The molecule has 2 unspecified atom stereocenters. The second-order valence-electron chi connectivity index (χ2n) is 5.77. The van der Waals surface area contributed by atoms with Gasteiger partial charge < -0.3 is 15.7 Å². The monoisotopic (exact) mass is 326 g/mol. The summed E-state index contributed by atoms with van der Waals surface area (Å²) in [5.41, 5.74) is -0.123. The summed E-state index contributed by atoms with van der Waals surface area (Å²) in [7, 11) is 0. The van der Waals surface area contributed by atoms with Gasteiger partial charge >= 0.3 is 11.8 Å². The first-order valence-corrected chi connectivity index (χ1v) is 7.68. The highest BCUT2D eigenvalue weighted by Gasteiger charge is 2.26. The van der Waals surface area contributed by atoms with Crippen LogP contribution in [0.25, 0.3) is 0 Å². The van der Waals surface area contributed by atoms with Crippen LogP contribution in [0.15, 0.2) is 18.2 Å². The Morgan fingerprint density at radius 3 is 2.35 bits per heavy atom. The molecule has 3 N–H and O–H groups in total. The average molecular weight is 326 g/mol. The predicted molar refractivity (Wildman–Crippen MR) is 80.6 cm³/mol. The van der Waals surface area contributed by atoms with E-state index in [1.165, 1.54) is 0 Å². The molecule has 1 aromatic carbocycles. The second-order valence-corrected chi connectivity index (χ2v) is 5.77. The number of benzene rings is 1. The van der Waals surface area contributed by atoms with E-state index in [1.807, 2.05) is 0 Å². The minimum Gasteiger partial charge on any atom is -0.396 e. The summed E-state index contributed by atoms with van der Waals surface area (Å²) in [6.45, 7) is -0.0539. The summed E-state index contributed by atoms with van der Waals surface area (Å²) in [6, 6.07) is 2.25. The molecule has 0 aliphatic heterocycles. The Bertz CT molecular complexity index is 560. The standard InChI is InChI=1S/C16H20F2N2O3/c17-11-6-12(18)8-13(7-11)19-15(22)16(23)20-14-5-3-1-2-4-10(14)9-21/h6-8,10,14,21H,1-5,9H2,(H,19,22)(H,20,23). The van der Waals surface area contributed by atoms with Crippen molar-refractivity contribution in [3.8, 4) is 0 Å². The van der Waals surface area contributed by atoms with Gasteiger partial charge in [-0.15, -0.1) is 0 Å². The average Bonchev–Trinajstić information content (AvgIpc) is 2.71. The molecule has 2 rings (SSSR count). The van der Waals surface area contributed by atoms with Crippen molar-refractivity contribution in [3.63, 3.8) is 0 Å². The van der Waals surface area contributed by atoms with Crippen molar-refractivity contribution in [2.75, 3.05) is 11.9 Å². The smallest absolute Gasteiger partial charge is 0.313 e. The molecule has 0 aromatic heterocycles. The number of hydrogen-bond donors (Lipinski definition) is 3. The Kier molecular flexibility index (Phi) is 6.04. The van der Waals surface area contributed by atoms with Crippen LogP contribution in [-0.2, 0) is 9.59 Å². The molecule has 126 valence electrons. The van der Waals surface area contributed by atoms with Crippen LogP contribution in [0.4, 0.5) is 14.5 Å². The van der Waals surface area contributed by atoms with E-state index in [4.69, 9.17) is 0 Å². The number of amides is 2. The Morgan fingerprint density at radius 1 is 1.04 bits per heavy atom. The summed E-state index contributed by atoms with van der Waals surface area (Å²) in [6.07, 6.45) is 4.40. The van der Waals surface area contributed by atoms with Gasteiger partial charge in [0.15, 0.2) is 0 Å². The Morgan fingerprint density at radius 2 is 1.70 bits per heavy atom. The maximum absolute atomic E-state index is 13.1. The van der Waals surface area contributed by atoms with E-state index in [2.05, 4.69) is 10.6 Å². The van der Waals surface area contributed by atoms with Gasteiger partial charge in [-0.05, 0) is 25.0 Å². The molecule has 1 aliphatic carbocycles. The lowest BCUT2D eigenvalue weighted by molar-refractivity contribution is -0.137. The summed E-state index contributed by atoms with van der Waals surface area (Å²) >= 11 is 0. The number of halogens is 2. The lowest BCUT2D eigenvalue weighted by Crippen LogP contribution is -2.45. The summed E-state index contributed by atoms with van der Waals surface area (Å²) in [5.74, 6) is -3.63. The number of rotatable bonds is 3. The molecule has 2 atom stereocenters. The molecule has 0 radical (unpaired) electrons.